The number of carbonyl (C=O) groups excluding carboxylic acids is 1. The number of urea groups is 1. The van der Waals surface area contributed by atoms with Gasteiger partial charge in [0.05, 0.1) is 11.9 Å². The molecule has 1 saturated heterocycles. The van der Waals surface area contributed by atoms with Crippen LogP contribution in [0.5, 0.6) is 11.6 Å². The Morgan fingerprint density at radius 1 is 1.31 bits per heavy atom. The van der Waals surface area contributed by atoms with Crippen LogP contribution in [-0.4, -0.2) is 42.1 Å². The van der Waals surface area contributed by atoms with Crippen molar-refractivity contribution in [1.82, 2.24) is 15.2 Å². The summed E-state index contributed by atoms with van der Waals surface area (Å²) in [6.45, 7) is 6.01. The van der Waals surface area contributed by atoms with Gasteiger partial charge >= 0.3 is 6.03 Å². The fourth-order valence-corrected chi connectivity index (χ4v) is 2.92. The first-order chi connectivity index (χ1) is 12.6. The van der Waals surface area contributed by atoms with E-state index in [-0.39, 0.29) is 11.8 Å². The highest BCUT2D eigenvalue weighted by Crippen LogP contribution is 2.20. The van der Waals surface area contributed by atoms with E-state index in [9.17, 15) is 9.18 Å². The number of nitrogens with one attached hydrogen (secondary N) is 2. The van der Waals surface area contributed by atoms with E-state index in [4.69, 9.17) is 4.74 Å². The number of rotatable bonds is 6. The molecule has 26 heavy (non-hydrogen) atoms. The van der Waals surface area contributed by atoms with Crippen LogP contribution in [0.25, 0.3) is 0 Å². The quantitative estimate of drug-likeness (QED) is 0.830. The van der Waals surface area contributed by atoms with Gasteiger partial charge in [-0.05, 0) is 55.8 Å². The van der Waals surface area contributed by atoms with Crippen LogP contribution in [0.1, 0.15) is 13.3 Å². The molecule has 2 amide bonds. The smallest absolute Gasteiger partial charge is 0.319 e. The second-order valence-corrected chi connectivity index (χ2v) is 6.32. The summed E-state index contributed by atoms with van der Waals surface area (Å²) in [4.78, 5) is 18.5. The van der Waals surface area contributed by atoms with Gasteiger partial charge in [-0.3, -0.25) is 0 Å². The topological polar surface area (TPSA) is 66.5 Å². The molecule has 1 unspecified atom stereocenters. The van der Waals surface area contributed by atoms with Crippen molar-refractivity contribution in [3.05, 3.63) is 48.4 Å². The minimum atomic E-state index is -0.323. The zero-order valence-electron chi connectivity index (χ0n) is 14.7. The largest absolute Gasteiger partial charge is 0.439 e. The number of amides is 2. The van der Waals surface area contributed by atoms with Crippen LogP contribution in [0.3, 0.4) is 0 Å². The Bertz CT molecular complexity index is 721. The van der Waals surface area contributed by atoms with Crippen molar-refractivity contribution in [2.24, 2.45) is 5.92 Å². The number of anilines is 1. The molecular weight excluding hydrogens is 335 g/mol. The van der Waals surface area contributed by atoms with Crippen LogP contribution < -0.4 is 15.4 Å². The highest BCUT2D eigenvalue weighted by atomic mass is 19.1. The highest BCUT2D eigenvalue weighted by Gasteiger charge is 2.21. The van der Waals surface area contributed by atoms with Crippen LogP contribution in [-0.2, 0) is 0 Å². The summed E-state index contributed by atoms with van der Waals surface area (Å²) in [6, 6.07) is 8.81. The molecule has 3 rings (SSSR count). The van der Waals surface area contributed by atoms with Crippen LogP contribution in [0.4, 0.5) is 14.9 Å². The predicted octanol–water partition coefficient (Wildman–Crippen LogP) is 3.48. The summed E-state index contributed by atoms with van der Waals surface area (Å²) in [5.74, 6) is 1.05. The number of likely N-dealkylation sites (tertiary alicyclic amines) is 1. The van der Waals surface area contributed by atoms with Crippen LogP contribution in [0.2, 0.25) is 0 Å². The van der Waals surface area contributed by atoms with Gasteiger partial charge in [0, 0.05) is 19.2 Å². The lowest BCUT2D eigenvalue weighted by Gasteiger charge is -2.14. The minimum absolute atomic E-state index is 0.242. The number of aromatic nitrogens is 1. The lowest BCUT2D eigenvalue weighted by atomic mass is 10.1. The van der Waals surface area contributed by atoms with Crippen molar-refractivity contribution in [2.45, 2.75) is 13.3 Å². The van der Waals surface area contributed by atoms with E-state index in [1.165, 1.54) is 30.5 Å². The lowest BCUT2D eigenvalue weighted by Crippen LogP contribution is -2.34. The Morgan fingerprint density at radius 2 is 2.12 bits per heavy atom. The van der Waals surface area contributed by atoms with Gasteiger partial charge < -0.3 is 20.3 Å². The average Bonchev–Trinajstić information content (AvgIpc) is 3.12. The van der Waals surface area contributed by atoms with E-state index in [0.717, 1.165) is 26.1 Å². The van der Waals surface area contributed by atoms with Crippen molar-refractivity contribution in [1.29, 1.82) is 0 Å². The third kappa shape index (κ3) is 5.16. The third-order valence-corrected chi connectivity index (χ3v) is 4.40. The molecule has 0 aliphatic carbocycles. The Morgan fingerprint density at radius 3 is 2.77 bits per heavy atom. The van der Waals surface area contributed by atoms with E-state index >= 15 is 0 Å². The fourth-order valence-electron chi connectivity index (χ4n) is 2.92. The van der Waals surface area contributed by atoms with Crippen molar-refractivity contribution in [3.63, 3.8) is 0 Å². The van der Waals surface area contributed by atoms with Crippen LogP contribution >= 0.6 is 0 Å². The molecule has 0 saturated carbocycles. The summed E-state index contributed by atoms with van der Waals surface area (Å²) in [6.07, 6.45) is 2.64. The monoisotopic (exact) mass is 358 g/mol. The predicted molar refractivity (Wildman–Crippen MR) is 98.0 cm³/mol. The normalized spacial score (nSPS) is 17.1. The Hall–Kier alpha value is -2.67. The zero-order valence-corrected chi connectivity index (χ0v) is 14.7. The first-order valence-electron chi connectivity index (χ1n) is 8.79. The molecule has 6 nitrogen and oxygen atoms in total. The van der Waals surface area contributed by atoms with Crippen molar-refractivity contribution in [3.8, 4) is 11.6 Å². The van der Waals surface area contributed by atoms with Crippen molar-refractivity contribution >= 4 is 11.7 Å². The molecule has 138 valence electrons. The maximum atomic E-state index is 12.9. The molecule has 1 atom stereocenters. The van der Waals surface area contributed by atoms with E-state index in [1.54, 1.807) is 12.1 Å². The number of hydrogen-bond donors (Lipinski definition) is 2. The molecule has 1 aliphatic heterocycles. The average molecular weight is 358 g/mol. The molecule has 1 fully saturated rings. The Kier molecular flexibility index (Phi) is 6.01. The van der Waals surface area contributed by atoms with E-state index in [0.29, 0.717) is 29.8 Å². The molecule has 2 heterocycles. The number of pyridine rings is 1. The van der Waals surface area contributed by atoms with Crippen molar-refractivity contribution in [2.75, 3.05) is 31.5 Å². The maximum absolute atomic E-state index is 12.9. The molecule has 2 N–H and O–H groups in total. The SMILES string of the molecule is CCN1CCC(CNC(=O)Nc2ccc(Oc3ccc(F)cc3)nc2)C1. The zero-order chi connectivity index (χ0) is 18.4. The fraction of sp³-hybridized carbons (Fsp3) is 0.368. The lowest BCUT2D eigenvalue weighted by molar-refractivity contribution is 0.250. The number of ether oxygens (including phenoxy) is 1. The summed E-state index contributed by atoms with van der Waals surface area (Å²) < 4.78 is 18.4. The van der Waals surface area contributed by atoms with Gasteiger partial charge in [0.2, 0.25) is 5.88 Å². The Labute approximate surface area is 152 Å². The van der Waals surface area contributed by atoms with E-state index in [2.05, 4.69) is 27.4 Å². The highest BCUT2D eigenvalue weighted by molar-refractivity contribution is 5.89. The number of hydrogen-bond acceptors (Lipinski definition) is 4. The van der Waals surface area contributed by atoms with Crippen LogP contribution in [0.15, 0.2) is 42.6 Å². The van der Waals surface area contributed by atoms with E-state index < -0.39 is 0 Å². The Balaban J connectivity index is 1.44. The first kappa shape index (κ1) is 18.1. The van der Waals surface area contributed by atoms with Gasteiger partial charge in [-0.2, -0.15) is 0 Å². The van der Waals surface area contributed by atoms with Crippen molar-refractivity contribution < 1.29 is 13.9 Å². The molecular formula is C19H23FN4O2. The molecule has 0 radical (unpaired) electrons. The third-order valence-electron chi connectivity index (χ3n) is 4.40. The van der Waals surface area contributed by atoms with Gasteiger partial charge in [-0.25, -0.2) is 14.2 Å². The van der Waals surface area contributed by atoms with Gasteiger partial charge in [0.15, 0.2) is 0 Å². The van der Waals surface area contributed by atoms with Gasteiger partial charge in [-0.1, -0.05) is 6.92 Å². The summed E-state index contributed by atoms with van der Waals surface area (Å²) in [7, 11) is 0. The molecule has 7 heteroatoms. The minimum Gasteiger partial charge on any atom is -0.439 e. The summed E-state index contributed by atoms with van der Waals surface area (Å²) in [5.41, 5.74) is 0.579. The van der Waals surface area contributed by atoms with Crippen LogP contribution in [0, 0.1) is 11.7 Å². The second-order valence-electron chi connectivity index (χ2n) is 6.32. The molecule has 1 aliphatic rings. The number of halogens is 1. The van der Waals surface area contributed by atoms with Gasteiger partial charge in [0.1, 0.15) is 11.6 Å². The van der Waals surface area contributed by atoms with Gasteiger partial charge in [-0.15, -0.1) is 0 Å². The maximum Gasteiger partial charge on any atom is 0.319 e. The molecule has 1 aromatic heterocycles. The molecule has 2 aromatic rings. The van der Waals surface area contributed by atoms with E-state index in [1.807, 2.05) is 0 Å². The molecule has 1 aromatic carbocycles. The molecule has 0 bridgehead atoms. The number of benzene rings is 1. The summed E-state index contributed by atoms with van der Waals surface area (Å²) >= 11 is 0. The molecule has 0 spiro atoms. The number of nitrogens with zero attached hydrogens (tertiary/aromatic N) is 2. The first-order valence-corrected chi connectivity index (χ1v) is 8.79. The van der Waals surface area contributed by atoms with Gasteiger partial charge in [0.25, 0.3) is 0 Å². The summed E-state index contributed by atoms with van der Waals surface area (Å²) in [5, 5.41) is 5.66. The standard InChI is InChI=1S/C19H23FN4O2/c1-2-24-10-9-14(13-24)11-22-19(25)23-16-5-8-18(21-12-16)26-17-6-3-15(20)4-7-17/h3-8,12,14H,2,9-11,13H2,1H3,(H2,22,23,25). The second kappa shape index (κ2) is 8.62. The number of carbonyl (C=O) groups is 1.